The van der Waals surface area contributed by atoms with Gasteiger partial charge in [-0.3, -0.25) is 0 Å². The van der Waals surface area contributed by atoms with Gasteiger partial charge in [0.05, 0.1) is 0 Å². The maximum atomic E-state index is 2.53. The Kier molecular flexibility index (Phi) is 7.79. The van der Waals surface area contributed by atoms with Crippen LogP contribution in [0.2, 0.25) is 4.13 Å². The molecule has 0 radical (unpaired) electrons. The molecule has 182 valence electrons. The first-order chi connectivity index (χ1) is 16.4. The number of rotatable bonds is 3. The van der Waals surface area contributed by atoms with E-state index < -0.39 is 23.2 Å². The van der Waals surface area contributed by atoms with Gasteiger partial charge in [-0.1, -0.05) is 0 Å². The third kappa shape index (κ3) is 4.26. The summed E-state index contributed by atoms with van der Waals surface area (Å²) in [4.78, 5) is 0. The second-order valence-corrected chi connectivity index (χ2v) is 14.9. The quantitative estimate of drug-likeness (QED) is 0.284. The van der Waals surface area contributed by atoms with Gasteiger partial charge in [-0.25, -0.2) is 0 Å². The molecular formula is C33H32Cl2Zr. The zero-order valence-electron chi connectivity index (χ0n) is 21.7. The Balaban J connectivity index is 0.00000152. The monoisotopic (exact) mass is 588 g/mol. The Labute approximate surface area is 239 Å². The predicted molar refractivity (Wildman–Crippen MR) is 144 cm³/mol. The average molecular weight is 591 g/mol. The van der Waals surface area contributed by atoms with Gasteiger partial charge in [0.25, 0.3) is 0 Å². The van der Waals surface area contributed by atoms with Gasteiger partial charge in [0.1, 0.15) is 0 Å². The molecule has 1 unspecified atom stereocenters. The Morgan fingerprint density at radius 2 is 1.58 bits per heavy atom. The third-order valence-corrected chi connectivity index (χ3v) is 10.6. The van der Waals surface area contributed by atoms with Crippen LogP contribution in [0.5, 0.6) is 0 Å². The second kappa shape index (κ2) is 10.2. The van der Waals surface area contributed by atoms with Crippen molar-refractivity contribution in [1.29, 1.82) is 0 Å². The summed E-state index contributed by atoms with van der Waals surface area (Å²) in [5.74, 6) is 0.352. The summed E-state index contributed by atoms with van der Waals surface area (Å²) >= 11 is -0.601. The average Bonchev–Trinajstić information content (AvgIpc) is 3.40. The van der Waals surface area contributed by atoms with Crippen molar-refractivity contribution in [1.82, 2.24) is 0 Å². The Bertz CT molecular complexity index is 1540. The van der Waals surface area contributed by atoms with Gasteiger partial charge in [0.15, 0.2) is 0 Å². The molecule has 2 aliphatic carbocycles. The van der Waals surface area contributed by atoms with Crippen LogP contribution in [0, 0.1) is 5.41 Å². The SMILES string of the molecule is C[CH2][Zr+2][c]1cccc2c1c1c(c3cccc(C4C=C(C(C)(C)C)C=C4C)c32)-c2ccccc2C1.[Cl-].[Cl-]. The van der Waals surface area contributed by atoms with Crippen LogP contribution in [-0.4, -0.2) is 0 Å². The molecule has 0 saturated heterocycles. The molecule has 0 bridgehead atoms. The molecular weight excluding hydrogens is 558 g/mol. The largest absolute Gasteiger partial charge is 1.00 e. The fourth-order valence-electron chi connectivity index (χ4n) is 6.14. The van der Waals surface area contributed by atoms with Gasteiger partial charge in [-0.05, 0) is 0 Å². The van der Waals surface area contributed by atoms with Crippen molar-refractivity contribution in [3.8, 4) is 11.1 Å². The maximum Gasteiger partial charge on any atom is -1.00 e. The van der Waals surface area contributed by atoms with E-state index >= 15 is 0 Å². The van der Waals surface area contributed by atoms with Crippen LogP contribution < -0.4 is 28.1 Å². The van der Waals surface area contributed by atoms with Gasteiger partial charge >= 0.3 is 216 Å². The summed E-state index contributed by atoms with van der Waals surface area (Å²) in [6.45, 7) is 11.7. The molecule has 0 heterocycles. The molecule has 2 aliphatic rings. The number of fused-ring (bicyclic) bond motifs is 8. The molecule has 0 saturated carbocycles. The van der Waals surface area contributed by atoms with Crippen molar-refractivity contribution < 1.29 is 48.0 Å². The number of halogens is 2. The topological polar surface area (TPSA) is 0 Å². The standard InChI is InChI=1S/C31H27.C2H5.2ClH.Zr/c1-19-16-21(31(2,3)4)18-27(19)25-14-9-15-26-29-22-11-6-5-10-20(22)17-28(29)23-12-7-8-13-24(23)30(25)26;1-2;;;/h5-11,13-16,18,27H,17H2,1-4H3;1H2,2H3;2*1H;/q;;;;+2/p-2. The molecule has 36 heavy (non-hydrogen) atoms. The fraction of sp³-hybridized carbons (Fsp3) is 0.273. The summed E-state index contributed by atoms with van der Waals surface area (Å²) in [6, 6.07) is 23.3. The Morgan fingerprint density at radius 3 is 2.31 bits per heavy atom. The predicted octanol–water partition coefficient (Wildman–Crippen LogP) is 2.73. The van der Waals surface area contributed by atoms with Crippen molar-refractivity contribution in [2.75, 3.05) is 0 Å². The fourth-order valence-corrected chi connectivity index (χ4v) is 8.74. The van der Waals surface area contributed by atoms with Gasteiger partial charge in [-0.15, -0.1) is 0 Å². The Morgan fingerprint density at radius 1 is 0.861 bits per heavy atom. The maximum absolute atomic E-state index is 2.53. The van der Waals surface area contributed by atoms with Crippen molar-refractivity contribution in [2.45, 2.75) is 51.1 Å². The molecule has 0 N–H and O–H groups in total. The first-order valence-corrected chi connectivity index (χ1v) is 15.6. The van der Waals surface area contributed by atoms with Crippen molar-refractivity contribution in [3.05, 3.63) is 101 Å². The summed E-state index contributed by atoms with van der Waals surface area (Å²) < 4.78 is 3.01. The van der Waals surface area contributed by atoms with Crippen LogP contribution in [0.25, 0.3) is 32.7 Å². The summed E-state index contributed by atoms with van der Waals surface area (Å²) in [7, 11) is 0. The van der Waals surface area contributed by atoms with E-state index in [2.05, 4.69) is 107 Å². The third-order valence-electron chi connectivity index (χ3n) is 7.75. The zero-order valence-corrected chi connectivity index (χ0v) is 25.6. The summed E-state index contributed by atoms with van der Waals surface area (Å²) in [5.41, 5.74) is 10.6. The number of benzene rings is 4. The minimum Gasteiger partial charge on any atom is -1.00 e. The molecule has 0 spiro atoms. The van der Waals surface area contributed by atoms with Crippen LogP contribution in [0.15, 0.2) is 84.0 Å². The molecule has 4 aromatic carbocycles. The van der Waals surface area contributed by atoms with Gasteiger partial charge < -0.3 is 24.8 Å². The smallest absolute Gasteiger partial charge is 1.00 e. The van der Waals surface area contributed by atoms with E-state index in [-0.39, 0.29) is 30.2 Å². The van der Waals surface area contributed by atoms with Gasteiger partial charge in [-0.2, -0.15) is 0 Å². The first-order valence-electron chi connectivity index (χ1n) is 12.6. The zero-order chi connectivity index (χ0) is 23.6. The van der Waals surface area contributed by atoms with E-state index in [0.717, 1.165) is 6.42 Å². The molecule has 0 fully saturated rings. The Hall–Kier alpha value is -1.66. The first kappa shape index (κ1) is 27.4. The van der Waals surface area contributed by atoms with Crippen molar-refractivity contribution in [3.63, 3.8) is 0 Å². The van der Waals surface area contributed by atoms with Crippen molar-refractivity contribution in [2.24, 2.45) is 5.41 Å². The van der Waals surface area contributed by atoms with Gasteiger partial charge in [0, 0.05) is 0 Å². The van der Waals surface area contributed by atoms with Crippen LogP contribution >= 0.6 is 0 Å². The molecule has 6 rings (SSSR count). The molecule has 0 aromatic heterocycles. The van der Waals surface area contributed by atoms with E-state index in [0.29, 0.717) is 5.92 Å². The van der Waals surface area contributed by atoms with E-state index in [1.165, 1.54) is 53.7 Å². The molecule has 0 nitrogen and oxygen atoms in total. The van der Waals surface area contributed by atoms with E-state index in [4.69, 9.17) is 0 Å². The summed E-state index contributed by atoms with van der Waals surface area (Å²) in [5, 5.41) is 5.99. The second-order valence-electron chi connectivity index (χ2n) is 11.0. The number of hydrogen-bond donors (Lipinski definition) is 0. The van der Waals surface area contributed by atoms with E-state index in [9.17, 15) is 0 Å². The molecule has 1 atom stereocenters. The van der Waals surface area contributed by atoms with E-state index in [1.807, 2.05) is 0 Å². The van der Waals surface area contributed by atoms with E-state index in [1.54, 1.807) is 14.2 Å². The molecule has 0 aliphatic heterocycles. The molecule has 0 amide bonds. The summed E-state index contributed by atoms with van der Waals surface area (Å²) in [6.07, 6.45) is 6.04. The van der Waals surface area contributed by atoms with Crippen molar-refractivity contribution >= 4 is 24.8 Å². The van der Waals surface area contributed by atoms with Crippen LogP contribution in [0.4, 0.5) is 0 Å². The number of allylic oxidation sites excluding steroid dienone is 4. The minimum absolute atomic E-state index is 0. The molecule has 3 heteroatoms. The normalized spacial score (nSPS) is 16.0. The van der Waals surface area contributed by atoms with Crippen LogP contribution in [-0.2, 0) is 29.7 Å². The van der Waals surface area contributed by atoms with Crippen LogP contribution in [0.3, 0.4) is 0 Å². The van der Waals surface area contributed by atoms with Crippen LogP contribution in [0.1, 0.15) is 57.2 Å². The number of hydrogen-bond acceptors (Lipinski definition) is 0. The molecule has 4 aromatic rings. The minimum atomic E-state index is -0.601. The van der Waals surface area contributed by atoms with Gasteiger partial charge in [0.2, 0.25) is 0 Å².